The van der Waals surface area contributed by atoms with Crippen LogP contribution in [0.15, 0.2) is 48.7 Å². The van der Waals surface area contributed by atoms with Crippen LogP contribution in [-0.2, 0) is 0 Å². The van der Waals surface area contributed by atoms with Crippen LogP contribution in [0.5, 0.6) is 0 Å². The van der Waals surface area contributed by atoms with Crippen LogP contribution in [-0.4, -0.2) is 10.2 Å². The van der Waals surface area contributed by atoms with Crippen LogP contribution >= 0.6 is 23.2 Å². The average molecular weight is 299 g/mol. The molecule has 1 aromatic carbocycles. The molecular formula is C13H12Cl2N2O2. The topological polar surface area (TPSA) is 60.6 Å². The number of quaternary nitrogens is 1. The molecule has 2 aromatic rings. The van der Waals surface area contributed by atoms with E-state index in [4.69, 9.17) is 28.4 Å². The minimum absolute atomic E-state index is 0.157. The van der Waals surface area contributed by atoms with Gasteiger partial charge in [0, 0.05) is 17.8 Å². The maximum Gasteiger partial charge on any atom is 0.168 e. The smallest absolute Gasteiger partial charge is 0.168 e. The van der Waals surface area contributed by atoms with Gasteiger partial charge in [-0.05, 0) is 12.1 Å². The van der Waals surface area contributed by atoms with Crippen LogP contribution in [0.25, 0.3) is 0 Å². The second kappa shape index (κ2) is 6.32. The lowest BCUT2D eigenvalue weighted by molar-refractivity contribution is -0.991. The first-order chi connectivity index (χ1) is 9.11. The van der Waals surface area contributed by atoms with Crippen molar-refractivity contribution in [3.8, 4) is 0 Å². The van der Waals surface area contributed by atoms with Gasteiger partial charge in [0.1, 0.15) is 0 Å². The fourth-order valence-corrected chi connectivity index (χ4v) is 2.36. The number of alkyl halides is 2. The Kier molecular flexibility index (Phi) is 4.74. The summed E-state index contributed by atoms with van der Waals surface area (Å²) >= 11 is 12.6. The lowest BCUT2D eigenvalue weighted by Gasteiger charge is -2.21. The molecule has 1 aromatic heterocycles. The molecule has 0 aliphatic carbocycles. The van der Waals surface area contributed by atoms with Gasteiger partial charge in [-0.1, -0.05) is 24.3 Å². The van der Waals surface area contributed by atoms with E-state index in [0.717, 1.165) is 0 Å². The molecule has 1 unspecified atom stereocenters. The van der Waals surface area contributed by atoms with Crippen molar-refractivity contribution in [2.75, 3.05) is 0 Å². The molecule has 0 fully saturated rings. The van der Waals surface area contributed by atoms with Crippen molar-refractivity contribution in [2.45, 2.75) is 10.8 Å². The van der Waals surface area contributed by atoms with Gasteiger partial charge in [0.25, 0.3) is 0 Å². The Bertz CT molecular complexity index is 537. The molecule has 6 heteroatoms. The van der Waals surface area contributed by atoms with E-state index in [2.05, 4.69) is 4.98 Å². The Balaban J connectivity index is 2.32. The van der Waals surface area contributed by atoms with E-state index in [1.807, 2.05) is 6.07 Å². The molecule has 0 saturated carbocycles. The summed E-state index contributed by atoms with van der Waals surface area (Å²) in [5.74, 6) is 0. The quantitative estimate of drug-likeness (QED) is 0.674. The summed E-state index contributed by atoms with van der Waals surface area (Å²) in [5, 5.41) is 18.0. The van der Waals surface area contributed by atoms with Crippen molar-refractivity contribution >= 4 is 28.9 Å². The van der Waals surface area contributed by atoms with Crippen molar-refractivity contribution in [3.05, 3.63) is 65.1 Å². The molecule has 0 aliphatic rings. The van der Waals surface area contributed by atoms with Gasteiger partial charge in [-0.2, -0.15) is 5.23 Å². The number of hydrogen-bond acceptors (Lipinski definition) is 3. The van der Waals surface area contributed by atoms with Gasteiger partial charge in [0.05, 0.1) is 16.4 Å². The molecule has 4 nitrogen and oxygen atoms in total. The van der Waals surface area contributed by atoms with Crippen LogP contribution in [0.3, 0.4) is 0 Å². The first kappa shape index (κ1) is 14.2. The lowest BCUT2D eigenvalue weighted by atomic mass is 10.0. The minimum atomic E-state index is -1.02. The normalized spacial score (nSPS) is 15.8. The molecule has 0 saturated heterocycles. The fourth-order valence-electron chi connectivity index (χ4n) is 1.78. The number of pyridine rings is 1. The second-order valence-corrected chi connectivity index (χ2v) is 4.89. The summed E-state index contributed by atoms with van der Waals surface area (Å²) in [5.41, 5.74) is 1.26. The molecule has 0 amide bonds. The summed E-state index contributed by atoms with van der Waals surface area (Å²) in [7, 11) is 0. The molecule has 3 atom stereocenters. The Labute approximate surface area is 120 Å². The average Bonchev–Trinajstić information content (AvgIpc) is 2.46. The number of rotatable bonds is 4. The monoisotopic (exact) mass is 298 g/mol. The number of para-hydroxylation sites is 1. The fraction of sp³-hybridized carbons (Fsp3) is 0.154. The zero-order chi connectivity index (χ0) is 13.8. The third kappa shape index (κ3) is 3.23. The zero-order valence-corrected chi connectivity index (χ0v) is 11.3. The maximum absolute atomic E-state index is 11.2. The molecule has 2 N–H and O–H groups in total. The highest BCUT2D eigenvalue weighted by molar-refractivity contribution is 6.30. The van der Waals surface area contributed by atoms with Crippen molar-refractivity contribution in [3.63, 3.8) is 0 Å². The molecule has 0 spiro atoms. The second-order valence-electron chi connectivity index (χ2n) is 3.95. The Morgan fingerprint density at radius 3 is 2.37 bits per heavy atom. The summed E-state index contributed by atoms with van der Waals surface area (Å²) in [6.07, 6.45) is 1.62. The molecule has 19 heavy (non-hydrogen) atoms. The largest absolute Gasteiger partial charge is 0.595 e. The van der Waals surface area contributed by atoms with Crippen molar-refractivity contribution in [1.82, 2.24) is 4.98 Å². The van der Waals surface area contributed by atoms with Crippen LogP contribution in [0, 0.1) is 5.21 Å². The zero-order valence-electron chi connectivity index (χ0n) is 9.83. The number of aromatic nitrogens is 1. The van der Waals surface area contributed by atoms with E-state index in [0.29, 0.717) is 11.3 Å². The minimum Gasteiger partial charge on any atom is -0.595 e. The maximum atomic E-state index is 11.2. The predicted molar refractivity (Wildman–Crippen MR) is 73.6 cm³/mol. The van der Waals surface area contributed by atoms with Gasteiger partial charge >= 0.3 is 0 Å². The van der Waals surface area contributed by atoms with Crippen LogP contribution in [0.4, 0.5) is 5.69 Å². The Morgan fingerprint density at radius 2 is 1.74 bits per heavy atom. The number of nitrogens with one attached hydrogen (secondary N) is 1. The van der Waals surface area contributed by atoms with Gasteiger partial charge in [-0.15, -0.1) is 23.2 Å². The van der Waals surface area contributed by atoms with Gasteiger partial charge in [0.15, 0.2) is 5.69 Å². The van der Waals surface area contributed by atoms with Crippen molar-refractivity contribution < 1.29 is 10.4 Å². The molecule has 0 bridgehead atoms. The first-order valence-corrected chi connectivity index (χ1v) is 6.50. The van der Waals surface area contributed by atoms with Crippen molar-refractivity contribution in [1.29, 1.82) is 0 Å². The van der Waals surface area contributed by atoms with Crippen LogP contribution in [0.1, 0.15) is 22.0 Å². The van der Waals surface area contributed by atoms with Crippen LogP contribution < -0.4 is 5.23 Å². The van der Waals surface area contributed by atoms with Gasteiger partial charge in [-0.3, -0.25) is 4.98 Å². The van der Waals surface area contributed by atoms with E-state index < -0.39 is 16.0 Å². The number of benzene rings is 1. The third-order valence-corrected chi connectivity index (χ3v) is 3.81. The Hall–Kier alpha value is -1.17. The highest BCUT2D eigenvalue weighted by Gasteiger charge is 2.26. The molecule has 1 heterocycles. The van der Waals surface area contributed by atoms with Gasteiger partial charge in [-0.25, -0.2) is 5.21 Å². The first-order valence-electron chi connectivity index (χ1n) is 5.62. The molecule has 100 valence electrons. The molecule has 0 aliphatic heterocycles. The summed E-state index contributed by atoms with van der Waals surface area (Å²) < 4.78 is 0. The van der Waals surface area contributed by atoms with E-state index in [-0.39, 0.29) is 5.69 Å². The SMILES string of the molecule is [O-][NH+](O)c1ccccc1[C@@H](Cl)[C@@H](Cl)c1ccccn1. The van der Waals surface area contributed by atoms with E-state index >= 15 is 0 Å². The highest BCUT2D eigenvalue weighted by Crippen LogP contribution is 2.40. The standard InChI is InChI=1S/C13H12Cl2N2O2/c14-12(13(15)10-6-3-4-8-16-10)9-5-1-2-7-11(9)17(18)19/h1-8,12-13,17-18H/t12-,13+/m1/s1. The summed E-state index contributed by atoms with van der Waals surface area (Å²) in [6.45, 7) is 0. The Morgan fingerprint density at radius 1 is 1.05 bits per heavy atom. The van der Waals surface area contributed by atoms with Gasteiger partial charge in [0.2, 0.25) is 0 Å². The number of hydrogen-bond donors (Lipinski definition) is 2. The summed E-state index contributed by atoms with van der Waals surface area (Å²) in [4.78, 5) is 4.14. The van der Waals surface area contributed by atoms with E-state index in [1.54, 1.807) is 36.5 Å². The predicted octanol–water partition coefficient (Wildman–Crippen LogP) is 2.75. The molecular weight excluding hydrogens is 287 g/mol. The van der Waals surface area contributed by atoms with E-state index in [1.165, 1.54) is 6.07 Å². The van der Waals surface area contributed by atoms with E-state index in [9.17, 15) is 5.21 Å². The van der Waals surface area contributed by atoms with Crippen molar-refractivity contribution in [2.24, 2.45) is 0 Å². The molecule has 2 rings (SSSR count). The molecule has 0 radical (unpaired) electrons. The summed E-state index contributed by atoms with van der Waals surface area (Å²) in [6, 6.07) is 11.9. The van der Waals surface area contributed by atoms with Gasteiger partial charge < -0.3 is 5.21 Å². The van der Waals surface area contributed by atoms with Crippen LogP contribution in [0.2, 0.25) is 0 Å². The third-order valence-electron chi connectivity index (χ3n) is 2.72. The highest BCUT2D eigenvalue weighted by atomic mass is 35.5. The number of nitrogens with zero attached hydrogens (tertiary/aromatic N) is 1. The number of halogens is 2. The lowest BCUT2D eigenvalue weighted by Crippen LogP contribution is -2.99.